The highest BCUT2D eigenvalue weighted by Crippen LogP contribution is 1.88. The molecule has 0 bridgehead atoms. The van der Waals surface area contributed by atoms with Crippen LogP contribution in [0.5, 0.6) is 0 Å². The number of nitrogens with one attached hydrogen (secondary N) is 2. The van der Waals surface area contributed by atoms with Gasteiger partial charge < -0.3 is 10.2 Å². The number of likely N-dealkylation sites (N-methyl/N-ethyl adjacent to an activating group) is 1. The molecule has 0 aromatic carbocycles. The first kappa shape index (κ1) is 12.9. The lowest BCUT2D eigenvalue weighted by Crippen LogP contribution is -2.31. The fraction of sp³-hybridized carbons (Fsp3) is 0.636. The van der Waals surface area contributed by atoms with E-state index in [0.717, 1.165) is 31.9 Å². The van der Waals surface area contributed by atoms with Crippen molar-refractivity contribution in [3.63, 3.8) is 0 Å². The molecule has 2 N–H and O–H groups in total. The van der Waals surface area contributed by atoms with E-state index in [1.807, 2.05) is 0 Å². The van der Waals surface area contributed by atoms with Gasteiger partial charge in [-0.15, -0.1) is 0 Å². The Morgan fingerprint density at radius 2 is 2.12 bits per heavy atom. The zero-order valence-electron chi connectivity index (χ0n) is 9.99. The van der Waals surface area contributed by atoms with Crippen molar-refractivity contribution in [1.29, 1.82) is 0 Å². The van der Waals surface area contributed by atoms with Crippen LogP contribution in [0.3, 0.4) is 0 Å². The Morgan fingerprint density at radius 3 is 2.69 bits per heavy atom. The third-order valence-electron chi connectivity index (χ3n) is 2.54. The summed E-state index contributed by atoms with van der Waals surface area (Å²) in [6, 6.07) is 3.23. The lowest BCUT2D eigenvalue weighted by molar-refractivity contribution is 0.302. The quantitative estimate of drug-likeness (QED) is 0.650. The number of hydrogen-bond acceptors (Lipinski definition) is 4. The maximum atomic E-state index is 10.8. The van der Waals surface area contributed by atoms with E-state index in [2.05, 4.69) is 34.3 Å². The van der Waals surface area contributed by atoms with E-state index < -0.39 is 0 Å². The van der Waals surface area contributed by atoms with E-state index in [1.54, 1.807) is 6.07 Å². The van der Waals surface area contributed by atoms with Crippen LogP contribution in [-0.4, -0.2) is 41.3 Å². The average molecular weight is 224 g/mol. The SMILES string of the molecule is CCN(CC)CCNCc1ccc(=O)[nH]n1. The van der Waals surface area contributed by atoms with Crippen molar-refractivity contribution in [1.82, 2.24) is 20.4 Å². The second kappa shape index (κ2) is 7.14. The van der Waals surface area contributed by atoms with Crippen LogP contribution in [0.25, 0.3) is 0 Å². The van der Waals surface area contributed by atoms with E-state index in [0.29, 0.717) is 6.54 Å². The van der Waals surface area contributed by atoms with Crippen LogP contribution in [0.1, 0.15) is 19.5 Å². The van der Waals surface area contributed by atoms with Crippen LogP contribution in [-0.2, 0) is 6.54 Å². The van der Waals surface area contributed by atoms with Gasteiger partial charge in [-0.1, -0.05) is 13.8 Å². The third-order valence-corrected chi connectivity index (χ3v) is 2.54. The molecule has 0 aliphatic heterocycles. The molecule has 5 heteroatoms. The topological polar surface area (TPSA) is 61.0 Å². The van der Waals surface area contributed by atoms with Gasteiger partial charge in [-0.2, -0.15) is 5.10 Å². The first-order valence-corrected chi connectivity index (χ1v) is 5.74. The van der Waals surface area contributed by atoms with Crippen molar-refractivity contribution in [2.24, 2.45) is 0 Å². The molecule has 1 aromatic rings. The Morgan fingerprint density at radius 1 is 1.38 bits per heavy atom. The van der Waals surface area contributed by atoms with Crippen LogP contribution in [0.4, 0.5) is 0 Å². The van der Waals surface area contributed by atoms with Crippen molar-refractivity contribution >= 4 is 0 Å². The number of nitrogens with zero attached hydrogens (tertiary/aromatic N) is 2. The van der Waals surface area contributed by atoms with Crippen molar-refractivity contribution in [3.05, 3.63) is 28.2 Å². The molecule has 1 rings (SSSR count). The van der Waals surface area contributed by atoms with E-state index in [1.165, 1.54) is 6.07 Å². The maximum absolute atomic E-state index is 10.8. The minimum absolute atomic E-state index is 0.160. The third kappa shape index (κ3) is 4.55. The van der Waals surface area contributed by atoms with Crippen LogP contribution < -0.4 is 10.9 Å². The van der Waals surface area contributed by atoms with E-state index in [-0.39, 0.29) is 5.56 Å². The standard InChI is InChI=1S/C11H20N4O/c1-3-15(4-2)8-7-12-9-10-5-6-11(16)14-13-10/h5-6,12H,3-4,7-9H2,1-2H3,(H,14,16). The minimum atomic E-state index is -0.160. The van der Waals surface area contributed by atoms with Gasteiger partial charge in [0.15, 0.2) is 0 Å². The molecule has 0 aliphatic rings. The first-order chi connectivity index (χ1) is 7.76. The summed E-state index contributed by atoms with van der Waals surface area (Å²) in [4.78, 5) is 13.1. The van der Waals surface area contributed by atoms with Crippen molar-refractivity contribution in [2.75, 3.05) is 26.2 Å². The van der Waals surface area contributed by atoms with Crippen LogP contribution in [0, 0.1) is 0 Å². The second-order valence-electron chi connectivity index (χ2n) is 3.62. The van der Waals surface area contributed by atoms with E-state index in [4.69, 9.17) is 0 Å². The summed E-state index contributed by atoms with van der Waals surface area (Å²) in [7, 11) is 0. The molecule has 0 aliphatic carbocycles. The van der Waals surface area contributed by atoms with Gasteiger partial charge >= 0.3 is 0 Å². The van der Waals surface area contributed by atoms with E-state index >= 15 is 0 Å². The zero-order valence-corrected chi connectivity index (χ0v) is 9.99. The van der Waals surface area contributed by atoms with Gasteiger partial charge in [0, 0.05) is 25.7 Å². The maximum Gasteiger partial charge on any atom is 0.264 e. The largest absolute Gasteiger partial charge is 0.310 e. The van der Waals surface area contributed by atoms with Crippen LogP contribution in [0.2, 0.25) is 0 Å². The summed E-state index contributed by atoms with van der Waals surface area (Å²) >= 11 is 0. The number of aromatic amines is 1. The molecule has 5 nitrogen and oxygen atoms in total. The predicted octanol–water partition coefficient (Wildman–Crippen LogP) is 0.201. The normalized spacial score (nSPS) is 10.9. The molecule has 0 atom stereocenters. The summed E-state index contributed by atoms with van der Waals surface area (Å²) in [5.74, 6) is 0. The van der Waals surface area contributed by atoms with Gasteiger partial charge in [-0.25, -0.2) is 5.10 Å². The molecule has 90 valence electrons. The Kier molecular flexibility index (Phi) is 5.74. The molecular weight excluding hydrogens is 204 g/mol. The molecule has 0 spiro atoms. The van der Waals surface area contributed by atoms with Crippen molar-refractivity contribution < 1.29 is 0 Å². The highest BCUT2D eigenvalue weighted by molar-refractivity contribution is 4.98. The molecular formula is C11H20N4O. The van der Waals surface area contributed by atoms with Gasteiger partial charge in [0.05, 0.1) is 5.69 Å². The number of aromatic nitrogens is 2. The molecule has 0 unspecified atom stereocenters. The van der Waals surface area contributed by atoms with Crippen LogP contribution >= 0.6 is 0 Å². The molecule has 1 heterocycles. The average Bonchev–Trinajstić information content (AvgIpc) is 2.32. The van der Waals surface area contributed by atoms with E-state index in [9.17, 15) is 4.79 Å². The Hall–Kier alpha value is -1.20. The number of H-pyrrole nitrogens is 1. The van der Waals surface area contributed by atoms with Gasteiger partial charge in [-0.05, 0) is 19.2 Å². The van der Waals surface area contributed by atoms with Gasteiger partial charge in [-0.3, -0.25) is 4.79 Å². The Balaban J connectivity index is 2.20. The predicted molar refractivity (Wildman–Crippen MR) is 64.4 cm³/mol. The number of hydrogen-bond donors (Lipinski definition) is 2. The summed E-state index contributed by atoms with van der Waals surface area (Å²) in [5, 5.41) is 9.63. The second-order valence-corrected chi connectivity index (χ2v) is 3.62. The Bertz CT molecular complexity index is 326. The lowest BCUT2D eigenvalue weighted by Gasteiger charge is -2.17. The van der Waals surface area contributed by atoms with Gasteiger partial charge in [0.25, 0.3) is 5.56 Å². The smallest absolute Gasteiger partial charge is 0.264 e. The fourth-order valence-electron chi connectivity index (χ4n) is 1.47. The molecule has 0 amide bonds. The molecule has 0 fully saturated rings. The Labute approximate surface area is 95.9 Å². The summed E-state index contributed by atoms with van der Waals surface area (Å²) in [6.45, 7) is 9.14. The highest BCUT2D eigenvalue weighted by Gasteiger charge is 1.98. The summed E-state index contributed by atoms with van der Waals surface area (Å²) < 4.78 is 0. The van der Waals surface area contributed by atoms with Crippen molar-refractivity contribution in [3.8, 4) is 0 Å². The van der Waals surface area contributed by atoms with Gasteiger partial charge in [0.2, 0.25) is 0 Å². The molecule has 0 saturated carbocycles. The zero-order chi connectivity index (χ0) is 11.8. The minimum Gasteiger partial charge on any atom is -0.310 e. The first-order valence-electron chi connectivity index (χ1n) is 5.74. The molecule has 0 saturated heterocycles. The number of rotatable bonds is 7. The molecule has 16 heavy (non-hydrogen) atoms. The highest BCUT2D eigenvalue weighted by atomic mass is 16.1. The molecule has 0 radical (unpaired) electrons. The van der Waals surface area contributed by atoms with Gasteiger partial charge in [0.1, 0.15) is 0 Å². The summed E-state index contributed by atoms with van der Waals surface area (Å²) in [5.41, 5.74) is 0.700. The van der Waals surface area contributed by atoms with Crippen molar-refractivity contribution in [2.45, 2.75) is 20.4 Å². The van der Waals surface area contributed by atoms with Crippen LogP contribution in [0.15, 0.2) is 16.9 Å². The monoisotopic (exact) mass is 224 g/mol. The fourth-order valence-corrected chi connectivity index (χ4v) is 1.47. The lowest BCUT2D eigenvalue weighted by atomic mass is 10.4. The summed E-state index contributed by atoms with van der Waals surface area (Å²) in [6.07, 6.45) is 0. The molecule has 1 aromatic heterocycles.